The molecule has 0 radical (unpaired) electrons. The summed E-state index contributed by atoms with van der Waals surface area (Å²) in [7, 11) is 2.93. The number of piperidine rings is 1. The summed E-state index contributed by atoms with van der Waals surface area (Å²) in [6.45, 7) is 0.581. The third-order valence-corrected chi connectivity index (χ3v) is 4.35. The van der Waals surface area contributed by atoms with Crippen molar-refractivity contribution >= 4 is 17.8 Å². The van der Waals surface area contributed by atoms with E-state index < -0.39 is 17.8 Å². The summed E-state index contributed by atoms with van der Waals surface area (Å²) in [6, 6.07) is 4.30. The maximum atomic E-state index is 12.5. The minimum Gasteiger partial charge on any atom is -0.507 e. The number of ether oxygens (including phenoxy) is 1. The molecule has 1 saturated heterocycles. The highest BCUT2D eigenvalue weighted by molar-refractivity contribution is 5.99. The second-order valence-corrected chi connectivity index (χ2v) is 6.04. The molecular formula is C17H22N2O6. The molecule has 0 aliphatic carbocycles. The van der Waals surface area contributed by atoms with E-state index in [1.165, 1.54) is 37.3 Å². The fraction of sp³-hybridized carbons (Fsp3) is 0.471. The zero-order valence-electron chi connectivity index (χ0n) is 14.3. The normalized spacial score (nSPS) is 14.9. The number of hydrogen-bond acceptors (Lipinski definition) is 5. The molecule has 0 saturated carbocycles. The molecule has 1 aromatic carbocycles. The van der Waals surface area contributed by atoms with Crippen molar-refractivity contribution in [3.8, 4) is 11.5 Å². The summed E-state index contributed by atoms with van der Waals surface area (Å²) in [4.78, 5) is 38.5. The third kappa shape index (κ3) is 4.40. The number of phenols is 1. The van der Waals surface area contributed by atoms with Crippen molar-refractivity contribution in [3.63, 3.8) is 0 Å². The highest BCUT2D eigenvalue weighted by Crippen LogP contribution is 2.24. The molecule has 2 rings (SSSR count). The molecule has 0 spiro atoms. The first-order chi connectivity index (χ1) is 11.8. The molecule has 0 unspecified atom stereocenters. The number of phenolic OH excluding ortho intramolecular Hbond substituents is 1. The van der Waals surface area contributed by atoms with Crippen LogP contribution in [0.15, 0.2) is 18.2 Å². The first-order valence-electron chi connectivity index (χ1n) is 7.96. The number of aromatic hydroxyl groups is 1. The Labute approximate surface area is 145 Å². The van der Waals surface area contributed by atoms with Crippen LogP contribution in [0.2, 0.25) is 0 Å². The van der Waals surface area contributed by atoms with Gasteiger partial charge in [0.05, 0.1) is 25.1 Å². The summed E-state index contributed by atoms with van der Waals surface area (Å²) in [5, 5.41) is 18.8. The summed E-state index contributed by atoms with van der Waals surface area (Å²) in [6.07, 6.45) is 0.824. The standard InChI is InChI=1S/C17H22N2O6/c1-18(16(22)13-9-12(25-2)3-4-14(13)20)10-15(21)19-7-5-11(6-8-19)17(23)24/h3-4,9,11,20H,5-8,10H2,1-2H3,(H,23,24). The van der Waals surface area contributed by atoms with Crippen LogP contribution in [0, 0.1) is 5.92 Å². The summed E-state index contributed by atoms with van der Waals surface area (Å²) in [5.74, 6) is -1.76. The number of likely N-dealkylation sites (N-methyl/N-ethyl adjacent to an activating group) is 1. The number of carboxylic acids is 1. The first-order valence-corrected chi connectivity index (χ1v) is 7.96. The van der Waals surface area contributed by atoms with Crippen molar-refractivity contribution in [3.05, 3.63) is 23.8 Å². The number of carboxylic acid groups (broad SMARTS) is 1. The molecule has 1 aliphatic heterocycles. The van der Waals surface area contributed by atoms with Gasteiger partial charge in [0.2, 0.25) is 5.91 Å². The van der Waals surface area contributed by atoms with Crippen molar-refractivity contribution in [2.24, 2.45) is 5.92 Å². The smallest absolute Gasteiger partial charge is 0.306 e. The van der Waals surface area contributed by atoms with Gasteiger partial charge in [-0.2, -0.15) is 0 Å². The first kappa shape index (κ1) is 18.6. The fourth-order valence-corrected chi connectivity index (χ4v) is 2.77. The number of carbonyl (C=O) groups is 3. The molecule has 0 bridgehead atoms. The number of rotatable bonds is 5. The van der Waals surface area contributed by atoms with E-state index in [4.69, 9.17) is 9.84 Å². The van der Waals surface area contributed by atoms with Crippen molar-refractivity contribution in [1.82, 2.24) is 9.80 Å². The Morgan fingerprint density at radius 2 is 1.92 bits per heavy atom. The van der Waals surface area contributed by atoms with Gasteiger partial charge in [-0.3, -0.25) is 14.4 Å². The number of carbonyl (C=O) groups excluding carboxylic acids is 2. The average Bonchev–Trinajstić information content (AvgIpc) is 2.61. The van der Waals surface area contributed by atoms with Gasteiger partial charge in [-0.25, -0.2) is 0 Å². The lowest BCUT2D eigenvalue weighted by Crippen LogP contribution is -2.45. The summed E-state index contributed by atoms with van der Waals surface area (Å²) < 4.78 is 5.04. The van der Waals surface area contributed by atoms with Crippen LogP contribution < -0.4 is 4.74 Å². The van der Waals surface area contributed by atoms with Gasteiger partial charge in [-0.1, -0.05) is 0 Å². The van der Waals surface area contributed by atoms with E-state index in [9.17, 15) is 19.5 Å². The van der Waals surface area contributed by atoms with Crippen molar-refractivity contribution in [2.45, 2.75) is 12.8 Å². The topological polar surface area (TPSA) is 107 Å². The van der Waals surface area contributed by atoms with E-state index in [0.717, 1.165) is 0 Å². The molecule has 2 N–H and O–H groups in total. The maximum Gasteiger partial charge on any atom is 0.306 e. The molecule has 1 heterocycles. The average molecular weight is 350 g/mol. The molecule has 1 aliphatic rings. The minimum absolute atomic E-state index is 0.0548. The summed E-state index contributed by atoms with van der Waals surface area (Å²) >= 11 is 0. The molecule has 136 valence electrons. The Hall–Kier alpha value is -2.77. The zero-order chi connectivity index (χ0) is 18.6. The van der Waals surface area contributed by atoms with Gasteiger partial charge in [0.15, 0.2) is 0 Å². The van der Waals surface area contributed by atoms with E-state index in [0.29, 0.717) is 31.7 Å². The number of aliphatic carboxylic acids is 1. The number of likely N-dealkylation sites (tertiary alicyclic amines) is 1. The van der Waals surface area contributed by atoms with Gasteiger partial charge in [0.1, 0.15) is 11.5 Å². The molecule has 25 heavy (non-hydrogen) atoms. The van der Waals surface area contributed by atoms with Crippen LogP contribution >= 0.6 is 0 Å². The predicted molar refractivity (Wildman–Crippen MR) is 88.6 cm³/mol. The minimum atomic E-state index is -0.840. The Balaban J connectivity index is 1.97. The van der Waals surface area contributed by atoms with E-state index in [2.05, 4.69) is 0 Å². The SMILES string of the molecule is COc1ccc(O)c(C(=O)N(C)CC(=O)N2CCC(C(=O)O)CC2)c1. The van der Waals surface area contributed by atoms with Gasteiger partial charge in [-0.05, 0) is 31.0 Å². The van der Waals surface area contributed by atoms with Crippen LogP contribution in [0.5, 0.6) is 11.5 Å². The predicted octanol–water partition coefficient (Wildman–Crippen LogP) is 0.796. The van der Waals surface area contributed by atoms with E-state index >= 15 is 0 Å². The number of methoxy groups -OCH3 is 1. The molecule has 2 amide bonds. The van der Waals surface area contributed by atoms with Crippen LogP contribution in [0.1, 0.15) is 23.2 Å². The Morgan fingerprint density at radius 1 is 1.28 bits per heavy atom. The fourth-order valence-electron chi connectivity index (χ4n) is 2.77. The third-order valence-electron chi connectivity index (χ3n) is 4.35. The zero-order valence-corrected chi connectivity index (χ0v) is 14.3. The molecule has 1 fully saturated rings. The van der Waals surface area contributed by atoms with Crippen LogP contribution in [-0.2, 0) is 9.59 Å². The number of amides is 2. The highest BCUT2D eigenvalue weighted by Gasteiger charge is 2.28. The van der Waals surface area contributed by atoms with Crippen LogP contribution in [0.3, 0.4) is 0 Å². The molecule has 8 nitrogen and oxygen atoms in total. The van der Waals surface area contributed by atoms with Gasteiger partial charge >= 0.3 is 5.97 Å². The van der Waals surface area contributed by atoms with E-state index in [1.807, 2.05) is 0 Å². The van der Waals surface area contributed by atoms with E-state index in [1.54, 1.807) is 4.90 Å². The largest absolute Gasteiger partial charge is 0.507 e. The van der Waals surface area contributed by atoms with Crippen LogP contribution in [0.4, 0.5) is 0 Å². The Bertz CT molecular complexity index is 667. The van der Waals surface area contributed by atoms with Gasteiger partial charge < -0.3 is 24.7 Å². The Kier molecular flexibility index (Phi) is 5.84. The molecule has 0 atom stereocenters. The van der Waals surface area contributed by atoms with Gasteiger partial charge in [0, 0.05) is 20.1 Å². The van der Waals surface area contributed by atoms with Crippen molar-refractivity contribution < 1.29 is 29.3 Å². The number of benzene rings is 1. The number of nitrogens with zero attached hydrogens (tertiary/aromatic N) is 2. The maximum absolute atomic E-state index is 12.5. The lowest BCUT2D eigenvalue weighted by Gasteiger charge is -2.31. The lowest BCUT2D eigenvalue weighted by atomic mass is 9.97. The molecule has 1 aromatic rings. The number of hydrogen-bond donors (Lipinski definition) is 2. The molecule has 8 heteroatoms. The second kappa shape index (κ2) is 7.87. The van der Waals surface area contributed by atoms with Crippen molar-refractivity contribution in [2.75, 3.05) is 33.8 Å². The molecule has 0 aromatic heterocycles. The summed E-state index contributed by atoms with van der Waals surface area (Å²) in [5.41, 5.74) is 0.0548. The molecular weight excluding hydrogens is 328 g/mol. The lowest BCUT2D eigenvalue weighted by molar-refractivity contribution is -0.145. The quantitative estimate of drug-likeness (QED) is 0.813. The van der Waals surface area contributed by atoms with Crippen LogP contribution in [0.25, 0.3) is 0 Å². The monoisotopic (exact) mass is 350 g/mol. The van der Waals surface area contributed by atoms with Gasteiger partial charge in [-0.15, -0.1) is 0 Å². The Morgan fingerprint density at radius 3 is 2.48 bits per heavy atom. The highest BCUT2D eigenvalue weighted by atomic mass is 16.5. The van der Waals surface area contributed by atoms with E-state index in [-0.39, 0.29) is 23.8 Å². The van der Waals surface area contributed by atoms with Gasteiger partial charge in [0.25, 0.3) is 5.91 Å². The van der Waals surface area contributed by atoms with Crippen LogP contribution in [-0.4, -0.2) is 71.6 Å². The van der Waals surface area contributed by atoms with Crippen molar-refractivity contribution in [1.29, 1.82) is 0 Å². The second-order valence-electron chi connectivity index (χ2n) is 6.04.